The van der Waals surface area contributed by atoms with Crippen molar-refractivity contribution in [3.63, 3.8) is 0 Å². The smallest absolute Gasteiger partial charge is 0.338 e. The lowest BCUT2D eigenvalue weighted by molar-refractivity contribution is -0.122. The van der Waals surface area contributed by atoms with Gasteiger partial charge in [0.1, 0.15) is 0 Å². The number of ether oxygens (including phenoxy) is 1. The fourth-order valence-corrected chi connectivity index (χ4v) is 4.24. The third-order valence-corrected chi connectivity index (χ3v) is 5.50. The first-order valence-electron chi connectivity index (χ1n) is 8.29. The summed E-state index contributed by atoms with van der Waals surface area (Å²) in [6, 6.07) is 5.41. The molecule has 1 heterocycles. The van der Waals surface area contributed by atoms with Crippen molar-refractivity contribution >= 4 is 28.9 Å². The number of amides is 1. The molecule has 6 heteroatoms. The van der Waals surface area contributed by atoms with Crippen LogP contribution in [-0.2, 0) is 14.3 Å². The van der Waals surface area contributed by atoms with Crippen LogP contribution in [0, 0.1) is 17.2 Å². The molecule has 4 rings (SSSR count). The Morgan fingerprint density at radius 3 is 2.73 bits per heavy atom. The van der Waals surface area contributed by atoms with Crippen molar-refractivity contribution < 1.29 is 19.1 Å². The molecule has 0 spiro atoms. The Bertz CT molecular complexity index is 1010. The predicted octanol–water partition coefficient (Wildman–Crippen LogP) is 2.36. The Labute approximate surface area is 150 Å². The number of benzene rings is 1. The van der Waals surface area contributed by atoms with Gasteiger partial charge in [0.2, 0.25) is 0 Å². The van der Waals surface area contributed by atoms with E-state index < -0.39 is 17.8 Å². The van der Waals surface area contributed by atoms with Gasteiger partial charge >= 0.3 is 5.97 Å². The molecule has 0 radical (unpaired) electrons. The first-order valence-corrected chi connectivity index (χ1v) is 8.29. The number of anilines is 1. The van der Waals surface area contributed by atoms with E-state index in [-0.39, 0.29) is 17.3 Å². The average molecular weight is 348 g/mol. The second-order valence-electron chi connectivity index (χ2n) is 6.81. The number of Topliss-reactive ketones (excluding diaryl/α,β-unsaturated/α-hetero) is 1. The van der Waals surface area contributed by atoms with Gasteiger partial charge in [0, 0.05) is 29.7 Å². The largest absolute Gasteiger partial charge is 0.465 e. The van der Waals surface area contributed by atoms with Crippen LogP contribution in [0.1, 0.15) is 40.7 Å². The van der Waals surface area contributed by atoms with Gasteiger partial charge in [-0.25, -0.2) is 4.79 Å². The summed E-state index contributed by atoms with van der Waals surface area (Å²) < 4.78 is 4.89. The van der Waals surface area contributed by atoms with E-state index in [0.29, 0.717) is 34.4 Å². The maximum absolute atomic E-state index is 13.1. The van der Waals surface area contributed by atoms with Crippen molar-refractivity contribution in [1.29, 1.82) is 5.26 Å². The Kier molecular flexibility index (Phi) is 3.38. The molecular weight excluding hydrogens is 332 g/mol. The van der Waals surface area contributed by atoms with Gasteiger partial charge in [0.15, 0.2) is 5.78 Å². The zero-order valence-electron chi connectivity index (χ0n) is 14.6. The van der Waals surface area contributed by atoms with Crippen molar-refractivity contribution in [2.24, 2.45) is 5.92 Å². The monoisotopic (exact) mass is 348 g/mol. The highest BCUT2D eigenvalue weighted by Crippen LogP contribution is 2.50. The van der Waals surface area contributed by atoms with Crippen molar-refractivity contribution in [3.8, 4) is 6.07 Å². The fourth-order valence-electron chi connectivity index (χ4n) is 4.24. The summed E-state index contributed by atoms with van der Waals surface area (Å²) in [5.74, 6) is -2.28. The molecule has 26 heavy (non-hydrogen) atoms. The quantitative estimate of drug-likeness (QED) is 0.727. The Morgan fingerprint density at radius 2 is 2.08 bits per heavy atom. The highest BCUT2D eigenvalue weighted by molar-refractivity contribution is 6.34. The van der Waals surface area contributed by atoms with Crippen LogP contribution >= 0.6 is 0 Å². The standard InChI is InChI=1S/C20H16N2O4/c1-9-6-10-7-12-15-14(22(2)19(12)24)5-4-11(20(25)26-3)16(15)17(18(10)23)13(9)8-21/h4-5,7,10,17H,6H2,1-3H3/t10-,17+/m0/s1. The number of carbonyl (C=O) groups excluding carboxylic acids is 3. The number of hydrogen-bond acceptors (Lipinski definition) is 5. The van der Waals surface area contributed by atoms with Gasteiger partial charge in [0.05, 0.1) is 30.3 Å². The SMILES string of the molecule is COC(=O)c1ccc2c3c1[C@@H]1C(=O)[C@H](C=C3C(=O)N2C)CC(C)=C1C#N. The molecular formula is C20H16N2O4. The molecule has 0 saturated heterocycles. The van der Waals surface area contributed by atoms with Gasteiger partial charge < -0.3 is 9.64 Å². The molecule has 0 unspecified atom stereocenters. The van der Waals surface area contributed by atoms with Crippen molar-refractivity contribution in [1.82, 2.24) is 0 Å². The molecule has 0 saturated carbocycles. The van der Waals surface area contributed by atoms with Gasteiger partial charge in [-0.05, 0) is 31.0 Å². The number of esters is 1. The van der Waals surface area contributed by atoms with Gasteiger partial charge in [-0.1, -0.05) is 11.6 Å². The molecule has 1 amide bonds. The average Bonchev–Trinajstić information content (AvgIpc) is 2.83. The normalized spacial score (nSPS) is 23.3. The summed E-state index contributed by atoms with van der Waals surface area (Å²) in [5, 5.41) is 9.68. The lowest BCUT2D eigenvalue weighted by atomic mass is 9.73. The van der Waals surface area contributed by atoms with E-state index in [9.17, 15) is 19.6 Å². The summed E-state index contributed by atoms with van der Waals surface area (Å²) in [4.78, 5) is 39.8. The number of rotatable bonds is 1. The molecule has 2 aliphatic carbocycles. The molecule has 1 aromatic rings. The summed E-state index contributed by atoms with van der Waals surface area (Å²) >= 11 is 0. The Hall–Kier alpha value is -3.20. The summed E-state index contributed by atoms with van der Waals surface area (Å²) in [6.45, 7) is 1.82. The Balaban J connectivity index is 2.15. The number of hydrogen-bond donors (Lipinski definition) is 0. The third-order valence-electron chi connectivity index (χ3n) is 5.50. The van der Waals surface area contributed by atoms with Gasteiger partial charge in [0.25, 0.3) is 5.91 Å². The minimum absolute atomic E-state index is 0.150. The van der Waals surface area contributed by atoms with Crippen LogP contribution in [0.3, 0.4) is 0 Å². The summed E-state index contributed by atoms with van der Waals surface area (Å²) in [6.07, 6.45) is 2.12. The Morgan fingerprint density at radius 1 is 1.35 bits per heavy atom. The van der Waals surface area contributed by atoms with E-state index in [2.05, 4.69) is 6.07 Å². The number of allylic oxidation sites excluding steroid dienone is 3. The number of methoxy groups -OCH3 is 1. The van der Waals surface area contributed by atoms with E-state index in [1.165, 1.54) is 12.0 Å². The molecule has 2 atom stereocenters. The molecule has 2 bridgehead atoms. The fraction of sp³-hybridized carbons (Fsp3) is 0.300. The summed E-state index contributed by atoms with van der Waals surface area (Å²) in [5.41, 5.74) is 3.46. The van der Waals surface area contributed by atoms with Gasteiger partial charge in [-0.15, -0.1) is 0 Å². The highest BCUT2D eigenvalue weighted by atomic mass is 16.5. The summed E-state index contributed by atoms with van der Waals surface area (Å²) in [7, 11) is 2.93. The number of likely N-dealkylation sites (N-methyl/N-ethyl adjacent to an activating group) is 1. The number of nitriles is 1. The second kappa shape index (κ2) is 5.40. The lowest BCUT2D eigenvalue weighted by Gasteiger charge is -2.28. The van der Waals surface area contributed by atoms with E-state index in [1.54, 1.807) is 25.3 Å². The number of carbonyl (C=O) groups is 3. The van der Waals surface area contributed by atoms with Crippen molar-refractivity contribution in [2.75, 3.05) is 19.1 Å². The van der Waals surface area contributed by atoms with Gasteiger partial charge in [-0.3, -0.25) is 9.59 Å². The van der Waals surface area contributed by atoms with Crippen LogP contribution in [0.5, 0.6) is 0 Å². The zero-order valence-corrected chi connectivity index (χ0v) is 14.6. The number of fused-ring (bicyclic) bond motifs is 3. The van der Waals surface area contributed by atoms with Crippen LogP contribution < -0.4 is 4.90 Å². The molecule has 0 aromatic heterocycles. The van der Waals surface area contributed by atoms with Crippen molar-refractivity contribution in [2.45, 2.75) is 19.3 Å². The first kappa shape index (κ1) is 16.3. The molecule has 0 fully saturated rings. The van der Waals surface area contributed by atoms with E-state index >= 15 is 0 Å². The highest BCUT2D eigenvalue weighted by Gasteiger charge is 2.46. The van der Waals surface area contributed by atoms with Crippen LogP contribution in [0.2, 0.25) is 0 Å². The number of nitrogens with zero attached hydrogens (tertiary/aromatic N) is 2. The van der Waals surface area contributed by atoms with Gasteiger partial charge in [-0.2, -0.15) is 5.26 Å². The van der Waals surface area contributed by atoms with E-state index in [0.717, 1.165) is 5.57 Å². The lowest BCUT2D eigenvalue weighted by Crippen LogP contribution is -2.29. The van der Waals surface area contributed by atoms with Crippen LogP contribution in [0.15, 0.2) is 29.4 Å². The minimum Gasteiger partial charge on any atom is -0.465 e. The molecule has 130 valence electrons. The molecule has 1 aliphatic heterocycles. The molecule has 3 aliphatic rings. The van der Waals surface area contributed by atoms with Crippen LogP contribution in [0.25, 0.3) is 5.57 Å². The number of ketones is 1. The van der Waals surface area contributed by atoms with E-state index in [4.69, 9.17) is 4.74 Å². The molecule has 6 nitrogen and oxygen atoms in total. The predicted molar refractivity (Wildman–Crippen MR) is 93.3 cm³/mol. The molecule has 1 aromatic carbocycles. The van der Waals surface area contributed by atoms with Crippen molar-refractivity contribution in [3.05, 3.63) is 46.0 Å². The minimum atomic E-state index is -0.851. The molecule has 0 N–H and O–H groups in total. The first-order chi connectivity index (χ1) is 12.4. The maximum Gasteiger partial charge on any atom is 0.338 e. The van der Waals surface area contributed by atoms with E-state index in [1.807, 2.05) is 6.92 Å². The van der Waals surface area contributed by atoms with Crippen LogP contribution in [0.4, 0.5) is 5.69 Å². The third kappa shape index (κ3) is 1.88. The topological polar surface area (TPSA) is 87.5 Å². The second-order valence-corrected chi connectivity index (χ2v) is 6.81. The van der Waals surface area contributed by atoms with Crippen LogP contribution in [-0.4, -0.2) is 31.8 Å². The maximum atomic E-state index is 13.1. The zero-order chi connectivity index (χ0) is 18.7.